The number of rotatable bonds is 5. The monoisotopic (exact) mass is 321 g/mol. The van der Waals surface area contributed by atoms with Crippen LogP contribution in [0.1, 0.15) is 23.7 Å². The number of nitrogens with zero attached hydrogens (tertiary/aromatic N) is 1. The third-order valence-corrected chi connectivity index (χ3v) is 3.08. The van der Waals surface area contributed by atoms with Gasteiger partial charge in [0.1, 0.15) is 6.10 Å². The van der Waals surface area contributed by atoms with E-state index in [9.17, 15) is 24.7 Å². The van der Waals surface area contributed by atoms with Gasteiger partial charge in [0, 0.05) is 11.4 Å². The molecule has 0 spiro atoms. The summed E-state index contributed by atoms with van der Waals surface area (Å²) < 4.78 is 13.4. The summed E-state index contributed by atoms with van der Waals surface area (Å²) >= 11 is 3.12. The van der Waals surface area contributed by atoms with Crippen molar-refractivity contribution in [1.82, 2.24) is 0 Å². The van der Waals surface area contributed by atoms with Crippen molar-refractivity contribution in [3.63, 3.8) is 0 Å². The summed E-state index contributed by atoms with van der Waals surface area (Å²) in [6, 6.07) is 1.95. The number of halogens is 2. The number of nitro groups is 1. The minimum atomic E-state index is -1.27. The second kappa shape index (κ2) is 6.21. The molecule has 0 aliphatic heterocycles. The molecule has 0 amide bonds. The lowest BCUT2D eigenvalue weighted by atomic mass is 9.97. The molecular formula is C11H13BrFNO4. The number of aliphatic hydroxyl groups is 2. The molecule has 100 valence electrons. The lowest BCUT2D eigenvalue weighted by Crippen LogP contribution is -2.19. The van der Waals surface area contributed by atoms with Crippen molar-refractivity contribution in [1.29, 1.82) is 0 Å². The van der Waals surface area contributed by atoms with Crippen LogP contribution in [0.25, 0.3) is 0 Å². The first kappa shape index (κ1) is 15.0. The lowest BCUT2D eigenvalue weighted by molar-refractivity contribution is -0.387. The van der Waals surface area contributed by atoms with Gasteiger partial charge >= 0.3 is 5.69 Å². The number of benzene rings is 1. The highest BCUT2D eigenvalue weighted by atomic mass is 79.9. The average molecular weight is 322 g/mol. The van der Waals surface area contributed by atoms with E-state index in [0.29, 0.717) is 17.3 Å². The van der Waals surface area contributed by atoms with Crippen molar-refractivity contribution in [3.8, 4) is 0 Å². The van der Waals surface area contributed by atoms with Gasteiger partial charge < -0.3 is 10.2 Å². The number of aryl methyl sites for hydroxylation is 1. The van der Waals surface area contributed by atoms with Crippen LogP contribution in [0.3, 0.4) is 0 Å². The van der Waals surface area contributed by atoms with Gasteiger partial charge in [0.15, 0.2) is 0 Å². The van der Waals surface area contributed by atoms with Gasteiger partial charge in [0.2, 0.25) is 5.82 Å². The van der Waals surface area contributed by atoms with E-state index in [1.54, 1.807) is 0 Å². The SMILES string of the molecule is Cc1cc([N+](=O)[O-])c(F)cc1C(O)C(O)CCBr. The lowest BCUT2D eigenvalue weighted by Gasteiger charge is -2.19. The Morgan fingerprint density at radius 3 is 2.61 bits per heavy atom. The maximum atomic E-state index is 13.4. The molecule has 2 unspecified atom stereocenters. The Kier molecular flexibility index (Phi) is 5.18. The first-order valence-electron chi connectivity index (χ1n) is 5.25. The Balaban J connectivity index is 3.11. The maximum Gasteiger partial charge on any atom is 0.305 e. The number of alkyl halides is 1. The normalized spacial score (nSPS) is 14.3. The molecule has 7 heteroatoms. The van der Waals surface area contributed by atoms with Crippen LogP contribution >= 0.6 is 15.9 Å². The Morgan fingerprint density at radius 1 is 1.50 bits per heavy atom. The summed E-state index contributed by atoms with van der Waals surface area (Å²) in [5.41, 5.74) is -0.116. The molecule has 1 aromatic carbocycles. The van der Waals surface area contributed by atoms with Gasteiger partial charge in [-0.1, -0.05) is 15.9 Å². The molecule has 0 saturated carbocycles. The summed E-state index contributed by atoms with van der Waals surface area (Å²) in [7, 11) is 0. The van der Waals surface area contributed by atoms with Gasteiger partial charge in [-0.2, -0.15) is 4.39 Å². The standard InChI is InChI=1S/C11H13BrFNO4/c1-6-4-9(14(17)18)8(13)5-7(6)11(16)10(15)2-3-12/h4-5,10-11,15-16H,2-3H2,1H3. The minimum absolute atomic E-state index is 0.159. The highest BCUT2D eigenvalue weighted by Gasteiger charge is 2.24. The molecule has 0 aliphatic carbocycles. The summed E-state index contributed by atoms with van der Waals surface area (Å²) in [5.74, 6) is -1.02. The molecule has 0 saturated heterocycles. The second-order valence-electron chi connectivity index (χ2n) is 3.91. The molecule has 2 atom stereocenters. The van der Waals surface area contributed by atoms with Crippen LogP contribution in [-0.2, 0) is 0 Å². The van der Waals surface area contributed by atoms with Gasteiger partial charge in [-0.15, -0.1) is 0 Å². The smallest absolute Gasteiger partial charge is 0.305 e. The first-order chi connectivity index (χ1) is 8.38. The number of hydrogen-bond acceptors (Lipinski definition) is 4. The molecule has 2 N–H and O–H groups in total. The van der Waals surface area contributed by atoms with E-state index in [1.807, 2.05) is 0 Å². The number of aliphatic hydroxyl groups excluding tert-OH is 2. The molecule has 0 bridgehead atoms. The molecular weight excluding hydrogens is 309 g/mol. The Bertz CT molecular complexity index is 455. The van der Waals surface area contributed by atoms with Crippen LogP contribution in [0.4, 0.5) is 10.1 Å². The quantitative estimate of drug-likeness (QED) is 0.495. The van der Waals surface area contributed by atoms with E-state index < -0.39 is 28.6 Å². The molecule has 0 fully saturated rings. The zero-order valence-corrected chi connectivity index (χ0v) is 11.2. The fraction of sp³-hybridized carbons (Fsp3) is 0.455. The van der Waals surface area contributed by atoms with Gasteiger partial charge in [-0.05, 0) is 30.5 Å². The van der Waals surface area contributed by atoms with E-state index >= 15 is 0 Å². The van der Waals surface area contributed by atoms with Gasteiger partial charge in [-0.3, -0.25) is 10.1 Å². The fourth-order valence-electron chi connectivity index (χ4n) is 1.62. The molecule has 18 heavy (non-hydrogen) atoms. The Labute approximate surface area is 112 Å². The van der Waals surface area contributed by atoms with Crippen LogP contribution in [0.2, 0.25) is 0 Å². The second-order valence-corrected chi connectivity index (χ2v) is 4.70. The summed E-state index contributed by atoms with van der Waals surface area (Å²) in [6.45, 7) is 1.52. The van der Waals surface area contributed by atoms with Crippen molar-refractivity contribution in [2.75, 3.05) is 5.33 Å². The third-order valence-electron chi connectivity index (χ3n) is 2.62. The van der Waals surface area contributed by atoms with E-state index in [0.717, 1.165) is 12.1 Å². The predicted molar refractivity (Wildman–Crippen MR) is 67.2 cm³/mol. The highest BCUT2D eigenvalue weighted by molar-refractivity contribution is 9.09. The van der Waals surface area contributed by atoms with Gasteiger partial charge in [-0.25, -0.2) is 0 Å². The Hall–Kier alpha value is -1.05. The van der Waals surface area contributed by atoms with Crippen LogP contribution in [0.5, 0.6) is 0 Å². The fourth-order valence-corrected chi connectivity index (χ4v) is 2.09. The van der Waals surface area contributed by atoms with Crippen molar-refractivity contribution in [3.05, 3.63) is 39.2 Å². The van der Waals surface area contributed by atoms with Crippen LogP contribution in [-0.4, -0.2) is 26.6 Å². The summed E-state index contributed by atoms with van der Waals surface area (Å²) in [6.07, 6.45) is -2.03. The van der Waals surface area contributed by atoms with E-state index in [-0.39, 0.29) is 5.56 Å². The maximum absolute atomic E-state index is 13.4. The van der Waals surface area contributed by atoms with E-state index in [1.165, 1.54) is 6.92 Å². The van der Waals surface area contributed by atoms with Crippen LogP contribution < -0.4 is 0 Å². The largest absolute Gasteiger partial charge is 0.390 e. The zero-order valence-electron chi connectivity index (χ0n) is 9.64. The van der Waals surface area contributed by atoms with Crippen molar-refractivity contribution in [2.24, 2.45) is 0 Å². The van der Waals surface area contributed by atoms with Crippen LogP contribution in [0.15, 0.2) is 12.1 Å². The summed E-state index contributed by atoms with van der Waals surface area (Å²) in [5, 5.41) is 30.5. The number of nitro benzene ring substituents is 1. The number of hydrogen-bond donors (Lipinski definition) is 2. The summed E-state index contributed by atoms with van der Waals surface area (Å²) in [4.78, 5) is 9.71. The molecule has 0 radical (unpaired) electrons. The van der Waals surface area contributed by atoms with E-state index in [2.05, 4.69) is 15.9 Å². The van der Waals surface area contributed by atoms with Gasteiger partial charge in [0.05, 0.1) is 11.0 Å². The van der Waals surface area contributed by atoms with Crippen molar-refractivity contribution in [2.45, 2.75) is 25.6 Å². The average Bonchev–Trinajstić information content (AvgIpc) is 2.30. The molecule has 1 rings (SSSR count). The van der Waals surface area contributed by atoms with Crippen molar-refractivity contribution >= 4 is 21.6 Å². The molecule has 0 aromatic heterocycles. The molecule has 0 aliphatic rings. The topological polar surface area (TPSA) is 83.6 Å². The minimum Gasteiger partial charge on any atom is -0.390 e. The highest BCUT2D eigenvalue weighted by Crippen LogP contribution is 2.28. The molecule has 5 nitrogen and oxygen atoms in total. The molecule has 1 aromatic rings. The predicted octanol–water partition coefficient (Wildman–Crippen LogP) is 2.22. The van der Waals surface area contributed by atoms with Gasteiger partial charge in [0.25, 0.3) is 0 Å². The zero-order chi connectivity index (χ0) is 13.9. The first-order valence-corrected chi connectivity index (χ1v) is 6.37. The molecule has 0 heterocycles. The van der Waals surface area contributed by atoms with Crippen LogP contribution in [0, 0.1) is 22.9 Å². The van der Waals surface area contributed by atoms with E-state index in [4.69, 9.17) is 0 Å². The Morgan fingerprint density at radius 2 is 2.11 bits per heavy atom. The third kappa shape index (κ3) is 3.24. The van der Waals surface area contributed by atoms with Crippen molar-refractivity contribution < 1.29 is 19.5 Å².